The second-order valence-electron chi connectivity index (χ2n) is 6.35. The van der Waals surface area contributed by atoms with Crippen LogP contribution in [-0.2, 0) is 0 Å². The van der Waals surface area contributed by atoms with Gasteiger partial charge in [-0.1, -0.05) is 12.1 Å². The molecular weight excluding hydrogens is 300 g/mol. The number of hydrogen-bond acceptors (Lipinski definition) is 4. The molecule has 1 fully saturated rings. The minimum atomic E-state index is -0.0803. The van der Waals surface area contributed by atoms with Crippen LogP contribution in [-0.4, -0.2) is 27.6 Å². The Labute approximate surface area is 140 Å². The summed E-state index contributed by atoms with van der Waals surface area (Å²) in [7, 11) is 0. The summed E-state index contributed by atoms with van der Waals surface area (Å²) in [5, 5.41) is 0.555. The van der Waals surface area contributed by atoms with Crippen LogP contribution in [0.3, 0.4) is 0 Å². The Morgan fingerprint density at radius 3 is 2.71 bits per heavy atom. The van der Waals surface area contributed by atoms with Gasteiger partial charge in [0.2, 0.25) is 5.95 Å². The zero-order valence-electron chi connectivity index (χ0n) is 13.8. The van der Waals surface area contributed by atoms with Crippen molar-refractivity contribution in [2.24, 2.45) is 0 Å². The standard InChI is InChI=1S/C19H20N4O/c1-14-6-5-7-15(12-14)23-11-8-17-16(18(23)24)13-20-19(21-17)22-9-3-2-4-10-22/h5-8,11-13H,2-4,9-10H2,1H3. The number of benzene rings is 1. The van der Waals surface area contributed by atoms with Gasteiger partial charge in [0.25, 0.3) is 5.56 Å². The largest absolute Gasteiger partial charge is 0.341 e. The topological polar surface area (TPSA) is 51.0 Å². The van der Waals surface area contributed by atoms with E-state index in [2.05, 4.69) is 14.9 Å². The minimum Gasteiger partial charge on any atom is -0.341 e. The maximum absolute atomic E-state index is 12.8. The van der Waals surface area contributed by atoms with Gasteiger partial charge in [-0.05, 0) is 49.9 Å². The number of piperidine rings is 1. The third kappa shape index (κ3) is 2.66. The van der Waals surface area contributed by atoms with Crippen molar-refractivity contribution in [3.8, 4) is 5.69 Å². The molecule has 5 nitrogen and oxygen atoms in total. The molecular formula is C19H20N4O. The van der Waals surface area contributed by atoms with Crippen LogP contribution in [0.5, 0.6) is 0 Å². The van der Waals surface area contributed by atoms with Gasteiger partial charge in [-0.2, -0.15) is 0 Å². The first-order chi connectivity index (χ1) is 11.7. The van der Waals surface area contributed by atoms with Crippen LogP contribution in [0.25, 0.3) is 16.6 Å². The first-order valence-corrected chi connectivity index (χ1v) is 8.43. The van der Waals surface area contributed by atoms with Gasteiger partial charge in [-0.3, -0.25) is 9.36 Å². The highest BCUT2D eigenvalue weighted by atomic mass is 16.1. The third-order valence-corrected chi connectivity index (χ3v) is 4.55. The van der Waals surface area contributed by atoms with Crippen molar-refractivity contribution < 1.29 is 0 Å². The van der Waals surface area contributed by atoms with Crippen LogP contribution in [0.4, 0.5) is 5.95 Å². The summed E-state index contributed by atoms with van der Waals surface area (Å²) < 4.78 is 1.65. The lowest BCUT2D eigenvalue weighted by atomic mass is 10.1. The quantitative estimate of drug-likeness (QED) is 0.728. The zero-order chi connectivity index (χ0) is 16.5. The molecule has 2 aromatic heterocycles. The molecule has 0 atom stereocenters. The van der Waals surface area contributed by atoms with Gasteiger partial charge in [-0.15, -0.1) is 0 Å². The molecule has 3 heterocycles. The fourth-order valence-electron chi connectivity index (χ4n) is 3.25. The highest BCUT2D eigenvalue weighted by Crippen LogP contribution is 2.18. The second-order valence-corrected chi connectivity index (χ2v) is 6.35. The summed E-state index contributed by atoms with van der Waals surface area (Å²) in [5.41, 5.74) is 2.61. The SMILES string of the molecule is Cc1cccc(-n2ccc3nc(N4CCCCC4)ncc3c2=O)c1. The van der Waals surface area contributed by atoms with Crippen molar-refractivity contribution in [3.63, 3.8) is 0 Å². The van der Waals surface area contributed by atoms with Crippen molar-refractivity contribution in [2.75, 3.05) is 18.0 Å². The van der Waals surface area contributed by atoms with Crippen molar-refractivity contribution in [1.82, 2.24) is 14.5 Å². The van der Waals surface area contributed by atoms with E-state index in [1.54, 1.807) is 17.0 Å². The maximum Gasteiger partial charge on any atom is 0.266 e. The first-order valence-electron chi connectivity index (χ1n) is 8.43. The second kappa shape index (κ2) is 6.07. The smallest absolute Gasteiger partial charge is 0.266 e. The number of aromatic nitrogens is 3. The molecule has 24 heavy (non-hydrogen) atoms. The van der Waals surface area contributed by atoms with Gasteiger partial charge in [0.1, 0.15) is 0 Å². The molecule has 3 aromatic rings. The number of anilines is 1. The maximum atomic E-state index is 12.8. The molecule has 1 aliphatic heterocycles. The number of aryl methyl sites for hydroxylation is 1. The lowest BCUT2D eigenvalue weighted by Crippen LogP contribution is -2.31. The number of rotatable bonds is 2. The molecule has 122 valence electrons. The Balaban J connectivity index is 1.78. The van der Waals surface area contributed by atoms with Crippen molar-refractivity contribution in [2.45, 2.75) is 26.2 Å². The fourth-order valence-corrected chi connectivity index (χ4v) is 3.25. The molecule has 5 heteroatoms. The van der Waals surface area contributed by atoms with E-state index >= 15 is 0 Å². The summed E-state index contributed by atoms with van der Waals surface area (Å²) in [6, 6.07) is 9.80. The van der Waals surface area contributed by atoms with Gasteiger partial charge in [-0.25, -0.2) is 9.97 Å². The van der Waals surface area contributed by atoms with Crippen molar-refractivity contribution in [3.05, 3.63) is 58.6 Å². The molecule has 0 saturated carbocycles. The van der Waals surface area contributed by atoms with E-state index in [0.29, 0.717) is 10.9 Å². The molecule has 0 N–H and O–H groups in total. The highest BCUT2D eigenvalue weighted by Gasteiger charge is 2.15. The van der Waals surface area contributed by atoms with Gasteiger partial charge < -0.3 is 4.90 Å². The van der Waals surface area contributed by atoms with E-state index in [1.807, 2.05) is 37.3 Å². The van der Waals surface area contributed by atoms with E-state index in [4.69, 9.17) is 0 Å². The van der Waals surface area contributed by atoms with Crippen LogP contribution in [0, 0.1) is 6.92 Å². The molecule has 4 rings (SSSR count). The van der Waals surface area contributed by atoms with E-state index in [1.165, 1.54) is 19.3 Å². The van der Waals surface area contributed by atoms with Crippen molar-refractivity contribution >= 4 is 16.9 Å². The number of hydrogen-bond donors (Lipinski definition) is 0. The van der Waals surface area contributed by atoms with Crippen LogP contribution in [0.1, 0.15) is 24.8 Å². The summed E-state index contributed by atoms with van der Waals surface area (Å²) in [6.45, 7) is 4.00. The Hall–Kier alpha value is -2.69. The highest BCUT2D eigenvalue weighted by molar-refractivity contribution is 5.78. The summed E-state index contributed by atoms with van der Waals surface area (Å²) in [6.07, 6.45) is 7.09. The van der Waals surface area contributed by atoms with E-state index in [-0.39, 0.29) is 5.56 Å². The predicted octanol–water partition coefficient (Wildman–Crippen LogP) is 3.08. The van der Waals surface area contributed by atoms with Crippen LogP contribution in [0.15, 0.2) is 47.5 Å². The third-order valence-electron chi connectivity index (χ3n) is 4.55. The zero-order valence-corrected chi connectivity index (χ0v) is 13.8. The van der Waals surface area contributed by atoms with Crippen LogP contribution in [0.2, 0.25) is 0 Å². The predicted molar refractivity (Wildman–Crippen MR) is 95.9 cm³/mol. The first kappa shape index (κ1) is 14.9. The molecule has 0 unspecified atom stereocenters. The van der Waals surface area contributed by atoms with E-state index < -0.39 is 0 Å². The van der Waals surface area contributed by atoms with Gasteiger partial charge in [0, 0.05) is 31.2 Å². The average Bonchev–Trinajstić information content (AvgIpc) is 2.62. The van der Waals surface area contributed by atoms with E-state index in [9.17, 15) is 4.79 Å². The van der Waals surface area contributed by atoms with Gasteiger partial charge >= 0.3 is 0 Å². The van der Waals surface area contributed by atoms with E-state index in [0.717, 1.165) is 30.3 Å². The monoisotopic (exact) mass is 320 g/mol. The molecule has 1 aromatic carbocycles. The Kier molecular flexibility index (Phi) is 3.76. The normalized spacial score (nSPS) is 15.0. The summed E-state index contributed by atoms with van der Waals surface area (Å²) in [5.74, 6) is 0.731. The molecule has 0 aliphatic carbocycles. The Morgan fingerprint density at radius 1 is 1.08 bits per heavy atom. The number of nitrogens with zero attached hydrogens (tertiary/aromatic N) is 4. The van der Waals surface area contributed by atoms with Gasteiger partial charge in [0.15, 0.2) is 0 Å². The Bertz CT molecular complexity index is 941. The van der Waals surface area contributed by atoms with Crippen LogP contribution >= 0.6 is 0 Å². The van der Waals surface area contributed by atoms with Gasteiger partial charge in [0.05, 0.1) is 10.9 Å². The average molecular weight is 320 g/mol. The fraction of sp³-hybridized carbons (Fsp3) is 0.316. The molecule has 0 radical (unpaired) electrons. The molecule has 1 aliphatic rings. The lowest BCUT2D eigenvalue weighted by molar-refractivity contribution is 0.569. The molecule has 1 saturated heterocycles. The molecule has 0 bridgehead atoms. The van der Waals surface area contributed by atoms with Crippen molar-refractivity contribution in [1.29, 1.82) is 0 Å². The summed E-state index contributed by atoms with van der Waals surface area (Å²) >= 11 is 0. The molecule has 0 spiro atoms. The Morgan fingerprint density at radius 2 is 1.92 bits per heavy atom. The number of fused-ring (bicyclic) bond motifs is 1. The lowest BCUT2D eigenvalue weighted by Gasteiger charge is -2.26. The summed E-state index contributed by atoms with van der Waals surface area (Å²) in [4.78, 5) is 24.1. The van der Waals surface area contributed by atoms with Crippen LogP contribution < -0.4 is 10.5 Å². The minimum absolute atomic E-state index is 0.0803. The number of pyridine rings is 1. The molecule has 0 amide bonds.